The van der Waals surface area contributed by atoms with Gasteiger partial charge in [0.15, 0.2) is 0 Å². The number of hydrogen-bond acceptors (Lipinski definition) is 3. The normalized spacial score (nSPS) is 14.3. The van der Waals surface area contributed by atoms with Crippen LogP contribution < -0.4 is 0 Å². The largest absolute Gasteiger partial charge is 0.393 e. The fourth-order valence-electron chi connectivity index (χ4n) is 2.86. The topological polar surface area (TPSA) is 49.7 Å². The Morgan fingerprint density at radius 1 is 0.857 bits per heavy atom. The number of unbranched alkanes of at least 4 members (excludes halogenated alkanes) is 8. The molecule has 0 aliphatic heterocycles. The molecule has 0 aliphatic carbocycles. The molecule has 3 heteroatoms. The molecule has 0 fully saturated rings. The zero-order chi connectivity index (χ0) is 15.9. The maximum absolute atomic E-state index is 10.8. The fourth-order valence-corrected chi connectivity index (χ4v) is 2.86. The molecular weight excluding hydrogens is 262 g/mol. The second kappa shape index (κ2) is 14.5. The van der Waals surface area contributed by atoms with Crippen molar-refractivity contribution >= 4 is 0 Å². The molecule has 0 heterocycles. The monoisotopic (exact) mass is 299 g/mol. The quantitative estimate of drug-likeness (QED) is 0.305. The van der Waals surface area contributed by atoms with Crippen LogP contribution in [0.25, 0.3) is 0 Å². The van der Waals surface area contributed by atoms with Crippen molar-refractivity contribution in [2.75, 3.05) is 0 Å². The number of aliphatic hydroxyl groups is 1. The third-order valence-electron chi connectivity index (χ3n) is 4.08. The second-order valence-corrected chi connectivity index (χ2v) is 6.90. The molecule has 0 aliphatic rings. The molecule has 2 unspecified atom stereocenters. The maximum Gasteiger partial charge on any atom is 0.0944 e. The van der Waals surface area contributed by atoms with Crippen molar-refractivity contribution in [2.45, 2.75) is 110 Å². The van der Waals surface area contributed by atoms with Crippen LogP contribution in [-0.2, 0) is 0 Å². The van der Waals surface area contributed by atoms with Gasteiger partial charge in [-0.25, -0.2) is 0 Å². The Morgan fingerprint density at radius 3 is 1.86 bits per heavy atom. The van der Waals surface area contributed by atoms with E-state index in [-0.39, 0.29) is 12.1 Å². The summed E-state index contributed by atoms with van der Waals surface area (Å²) in [5.74, 6) is 0.472. The Morgan fingerprint density at radius 2 is 1.38 bits per heavy atom. The van der Waals surface area contributed by atoms with Crippen LogP contribution in [0.4, 0.5) is 0 Å². The lowest BCUT2D eigenvalue weighted by atomic mass is 9.97. The highest BCUT2D eigenvalue weighted by molar-refractivity contribution is 4.71. The first kappa shape index (κ1) is 20.6. The van der Waals surface area contributed by atoms with Gasteiger partial charge in [0.05, 0.1) is 12.1 Å². The van der Waals surface area contributed by atoms with Gasteiger partial charge in [-0.05, 0) is 25.2 Å². The highest BCUT2D eigenvalue weighted by Crippen LogP contribution is 2.17. The predicted octanol–water partition coefficient (Wildman–Crippen LogP) is 5.84. The summed E-state index contributed by atoms with van der Waals surface area (Å²) in [6, 6.07) is -0.191. The highest BCUT2D eigenvalue weighted by atomic mass is 16.3. The van der Waals surface area contributed by atoms with E-state index in [1.807, 2.05) is 0 Å². The van der Waals surface area contributed by atoms with Gasteiger partial charge in [0.2, 0.25) is 0 Å². The van der Waals surface area contributed by atoms with E-state index in [1.54, 1.807) is 0 Å². The molecule has 0 amide bonds. The molecule has 0 rings (SSSR count). The molecule has 0 aromatic rings. The first-order valence-corrected chi connectivity index (χ1v) is 9.10. The summed E-state index contributed by atoms with van der Waals surface area (Å²) < 4.78 is 0. The van der Waals surface area contributed by atoms with Crippen LogP contribution in [0.5, 0.6) is 0 Å². The van der Waals surface area contributed by atoms with Crippen LogP contribution in [-0.4, -0.2) is 17.3 Å². The number of hydrogen-bond donors (Lipinski definition) is 1. The Balaban J connectivity index is 3.48. The van der Waals surface area contributed by atoms with Crippen molar-refractivity contribution in [2.24, 2.45) is 11.1 Å². The molecule has 1 N–H and O–H groups in total. The summed E-state index contributed by atoms with van der Waals surface area (Å²) in [4.78, 5) is 10.8. The lowest BCUT2D eigenvalue weighted by Gasteiger charge is -2.16. The standard InChI is InChI=1S/C18H37NO2/c1-4-5-6-7-8-9-10-11-12-13-17(19-21)15-18(20)14-16(2)3/h16-18,20H,4-15H2,1-3H3. The summed E-state index contributed by atoms with van der Waals surface area (Å²) >= 11 is 0. The van der Waals surface area contributed by atoms with Gasteiger partial charge < -0.3 is 5.11 Å². The van der Waals surface area contributed by atoms with E-state index in [4.69, 9.17) is 0 Å². The molecule has 3 nitrogen and oxygen atoms in total. The van der Waals surface area contributed by atoms with Crippen molar-refractivity contribution in [3.8, 4) is 0 Å². The molecule has 0 aromatic heterocycles. The van der Waals surface area contributed by atoms with Gasteiger partial charge in [-0.3, -0.25) is 0 Å². The third kappa shape index (κ3) is 14.3. The molecule has 0 bridgehead atoms. The van der Waals surface area contributed by atoms with Crippen LogP contribution in [0.15, 0.2) is 5.18 Å². The van der Waals surface area contributed by atoms with Crippen LogP contribution in [0.3, 0.4) is 0 Å². The zero-order valence-electron chi connectivity index (χ0n) is 14.5. The van der Waals surface area contributed by atoms with Crippen molar-refractivity contribution < 1.29 is 5.11 Å². The van der Waals surface area contributed by atoms with Gasteiger partial charge in [-0.2, -0.15) is 4.91 Å². The number of aliphatic hydroxyl groups excluding tert-OH is 1. The zero-order valence-corrected chi connectivity index (χ0v) is 14.5. The maximum atomic E-state index is 10.8. The summed E-state index contributed by atoms with van der Waals surface area (Å²) in [6.45, 7) is 6.43. The van der Waals surface area contributed by atoms with E-state index in [0.29, 0.717) is 12.3 Å². The molecule has 0 aromatic carbocycles. The Bertz CT molecular complexity index is 231. The van der Waals surface area contributed by atoms with E-state index in [1.165, 1.54) is 51.4 Å². The second-order valence-electron chi connectivity index (χ2n) is 6.90. The average Bonchev–Trinajstić information content (AvgIpc) is 2.43. The van der Waals surface area contributed by atoms with E-state index >= 15 is 0 Å². The minimum absolute atomic E-state index is 0.191. The third-order valence-corrected chi connectivity index (χ3v) is 4.08. The first-order valence-electron chi connectivity index (χ1n) is 9.10. The molecular formula is C18H37NO2. The van der Waals surface area contributed by atoms with E-state index < -0.39 is 0 Å². The smallest absolute Gasteiger partial charge is 0.0944 e. The summed E-state index contributed by atoms with van der Waals surface area (Å²) in [6.07, 6.45) is 13.4. The SMILES string of the molecule is CCCCCCCCCCCC(CC(O)CC(C)C)N=O. The van der Waals surface area contributed by atoms with Crippen LogP contribution in [0.1, 0.15) is 97.8 Å². The predicted molar refractivity (Wildman–Crippen MR) is 91.5 cm³/mol. The van der Waals surface area contributed by atoms with Gasteiger partial charge in [-0.15, -0.1) is 0 Å². The average molecular weight is 299 g/mol. The van der Waals surface area contributed by atoms with Crippen LogP contribution in [0.2, 0.25) is 0 Å². The van der Waals surface area contributed by atoms with E-state index in [2.05, 4.69) is 25.9 Å². The fraction of sp³-hybridized carbons (Fsp3) is 1.00. The van der Waals surface area contributed by atoms with Gasteiger partial charge in [0, 0.05) is 0 Å². The van der Waals surface area contributed by atoms with Crippen molar-refractivity contribution in [3.63, 3.8) is 0 Å². The minimum Gasteiger partial charge on any atom is -0.393 e. The summed E-state index contributed by atoms with van der Waals surface area (Å²) in [5.41, 5.74) is 0. The van der Waals surface area contributed by atoms with E-state index in [0.717, 1.165) is 19.3 Å². The Hall–Kier alpha value is -0.440. The van der Waals surface area contributed by atoms with Crippen molar-refractivity contribution in [1.29, 1.82) is 0 Å². The summed E-state index contributed by atoms with van der Waals surface area (Å²) in [7, 11) is 0. The van der Waals surface area contributed by atoms with Crippen LogP contribution in [0, 0.1) is 10.8 Å². The summed E-state index contributed by atoms with van der Waals surface area (Å²) in [5, 5.41) is 13.1. The van der Waals surface area contributed by atoms with Gasteiger partial charge >= 0.3 is 0 Å². The van der Waals surface area contributed by atoms with Gasteiger partial charge in [0.25, 0.3) is 0 Å². The molecule has 0 radical (unpaired) electrons. The lowest BCUT2D eigenvalue weighted by molar-refractivity contribution is 0.130. The van der Waals surface area contributed by atoms with Gasteiger partial charge in [0.1, 0.15) is 0 Å². The van der Waals surface area contributed by atoms with Crippen molar-refractivity contribution in [3.05, 3.63) is 4.91 Å². The molecule has 0 saturated carbocycles. The van der Waals surface area contributed by atoms with E-state index in [9.17, 15) is 10.0 Å². The minimum atomic E-state index is -0.369. The van der Waals surface area contributed by atoms with Gasteiger partial charge in [-0.1, -0.05) is 83.7 Å². The molecule has 0 saturated heterocycles. The molecule has 0 spiro atoms. The van der Waals surface area contributed by atoms with Crippen molar-refractivity contribution in [1.82, 2.24) is 0 Å². The highest BCUT2D eigenvalue weighted by Gasteiger charge is 2.15. The molecule has 21 heavy (non-hydrogen) atoms. The number of rotatable bonds is 15. The first-order chi connectivity index (χ1) is 10.1. The number of nitrogens with zero attached hydrogens (tertiary/aromatic N) is 1. The molecule has 126 valence electrons. The van der Waals surface area contributed by atoms with Crippen LogP contribution >= 0.6 is 0 Å². The lowest BCUT2D eigenvalue weighted by Crippen LogP contribution is -2.18. The molecule has 2 atom stereocenters. The number of nitroso groups, excluding NO2 is 1. The Labute approximate surface area is 131 Å². The Kier molecular flexibility index (Phi) is 14.2.